The normalized spacial score (nSPS) is 13.8. The molecule has 2 aromatic rings. The topological polar surface area (TPSA) is 142 Å². The molecule has 1 heterocycles. The average Bonchev–Trinajstić information content (AvgIpc) is 2.74. The summed E-state index contributed by atoms with van der Waals surface area (Å²) >= 11 is 0. The number of benzene rings is 2. The van der Waals surface area contributed by atoms with E-state index in [1.807, 2.05) is 7.05 Å². The molecule has 0 bridgehead atoms. The number of hydrogen-bond donors (Lipinski definition) is 5. The molecule has 5 N–H and O–H groups in total. The first-order valence-corrected chi connectivity index (χ1v) is 9.33. The molecule has 9 nitrogen and oxygen atoms in total. The Morgan fingerprint density at radius 1 is 0.833 bits per heavy atom. The fourth-order valence-electron chi connectivity index (χ4n) is 2.89. The van der Waals surface area contributed by atoms with E-state index in [-0.39, 0.29) is 22.4 Å². The average molecular weight is 414 g/mol. The van der Waals surface area contributed by atoms with Gasteiger partial charge in [-0.1, -0.05) is 30.3 Å². The van der Waals surface area contributed by atoms with E-state index >= 15 is 0 Å². The standard InChI is InChI=1S/C12H17BN2O3.C7H7BO4/c1-14-6-8-15(9-7-14)12(16)10-4-2-3-5-11(10)13(17)18;9-7(10)5-1-3-6(4-2-5)8(11)12/h2-5,17-18H,6-9H2,1H3;1-4,11-12H,(H,9,10). The zero-order chi connectivity index (χ0) is 22.3. The van der Waals surface area contributed by atoms with Crippen LogP contribution in [0.1, 0.15) is 20.7 Å². The number of amides is 1. The third kappa shape index (κ3) is 6.41. The number of nitrogens with zero attached hydrogens (tertiary/aromatic N) is 2. The Kier molecular flexibility index (Phi) is 8.58. The van der Waals surface area contributed by atoms with E-state index in [4.69, 9.17) is 15.2 Å². The highest BCUT2D eigenvalue weighted by Crippen LogP contribution is 2.07. The molecule has 3 rings (SSSR count). The minimum absolute atomic E-state index is 0.124. The van der Waals surface area contributed by atoms with Crippen molar-refractivity contribution in [3.05, 3.63) is 59.7 Å². The molecule has 1 saturated heterocycles. The Morgan fingerprint density at radius 2 is 1.40 bits per heavy atom. The van der Waals surface area contributed by atoms with Gasteiger partial charge >= 0.3 is 20.2 Å². The Bertz CT molecular complexity index is 854. The molecule has 0 saturated carbocycles. The molecular formula is C19H24B2N2O7. The van der Waals surface area contributed by atoms with Crippen molar-refractivity contribution in [1.29, 1.82) is 0 Å². The maximum Gasteiger partial charge on any atom is 0.489 e. The molecule has 2 aromatic carbocycles. The number of carbonyl (C=O) groups is 2. The first-order valence-electron chi connectivity index (χ1n) is 9.33. The molecule has 0 atom stereocenters. The second kappa shape index (κ2) is 10.9. The van der Waals surface area contributed by atoms with Gasteiger partial charge in [-0.15, -0.1) is 0 Å². The van der Waals surface area contributed by atoms with Gasteiger partial charge in [0, 0.05) is 31.7 Å². The number of rotatable bonds is 4. The second-order valence-corrected chi connectivity index (χ2v) is 6.86. The molecule has 158 valence electrons. The SMILES string of the molecule is CN1CCN(C(=O)c2ccccc2B(O)O)CC1.O=C(O)c1ccc(B(O)O)cc1. The van der Waals surface area contributed by atoms with E-state index in [1.165, 1.54) is 24.3 Å². The van der Waals surface area contributed by atoms with Crippen LogP contribution in [0.3, 0.4) is 0 Å². The summed E-state index contributed by atoms with van der Waals surface area (Å²) in [6.45, 7) is 3.03. The predicted molar refractivity (Wildman–Crippen MR) is 113 cm³/mol. The Labute approximate surface area is 175 Å². The number of aromatic carboxylic acids is 1. The largest absolute Gasteiger partial charge is 0.489 e. The molecule has 0 aromatic heterocycles. The molecule has 1 aliphatic rings. The number of likely N-dealkylation sites (N-methyl/N-ethyl adjacent to an activating group) is 1. The fourth-order valence-corrected chi connectivity index (χ4v) is 2.89. The highest BCUT2D eigenvalue weighted by molar-refractivity contribution is 6.60. The summed E-state index contributed by atoms with van der Waals surface area (Å²) in [6, 6.07) is 12.0. The summed E-state index contributed by atoms with van der Waals surface area (Å²) < 4.78 is 0. The van der Waals surface area contributed by atoms with Crippen LogP contribution in [0.5, 0.6) is 0 Å². The van der Waals surface area contributed by atoms with Gasteiger partial charge in [0.25, 0.3) is 5.91 Å². The maximum absolute atomic E-state index is 12.3. The third-order valence-corrected chi connectivity index (χ3v) is 4.72. The third-order valence-electron chi connectivity index (χ3n) is 4.72. The van der Waals surface area contributed by atoms with Gasteiger partial charge in [0.15, 0.2) is 0 Å². The molecule has 0 spiro atoms. The van der Waals surface area contributed by atoms with Crippen LogP contribution in [0.2, 0.25) is 0 Å². The van der Waals surface area contributed by atoms with Crippen molar-refractivity contribution in [2.24, 2.45) is 0 Å². The predicted octanol–water partition coefficient (Wildman–Crippen LogP) is -2.18. The van der Waals surface area contributed by atoms with E-state index in [0.29, 0.717) is 18.7 Å². The van der Waals surface area contributed by atoms with E-state index in [9.17, 15) is 19.6 Å². The summed E-state index contributed by atoms with van der Waals surface area (Å²) in [5.41, 5.74) is 1.04. The van der Waals surface area contributed by atoms with Crippen molar-refractivity contribution in [3.63, 3.8) is 0 Å². The van der Waals surface area contributed by atoms with Gasteiger partial charge in [-0.2, -0.15) is 0 Å². The lowest BCUT2D eigenvalue weighted by atomic mass is 9.76. The highest BCUT2D eigenvalue weighted by atomic mass is 16.4. The van der Waals surface area contributed by atoms with Gasteiger partial charge in [-0.05, 0) is 36.2 Å². The van der Waals surface area contributed by atoms with Gasteiger partial charge in [0.1, 0.15) is 0 Å². The Morgan fingerprint density at radius 3 is 1.90 bits per heavy atom. The van der Waals surface area contributed by atoms with Crippen LogP contribution < -0.4 is 10.9 Å². The summed E-state index contributed by atoms with van der Waals surface area (Å²) in [5.74, 6) is -1.17. The Hall–Kier alpha value is -2.69. The lowest BCUT2D eigenvalue weighted by Gasteiger charge is -2.32. The highest BCUT2D eigenvalue weighted by Gasteiger charge is 2.25. The number of hydrogen-bond acceptors (Lipinski definition) is 7. The van der Waals surface area contributed by atoms with Crippen molar-refractivity contribution in [1.82, 2.24) is 9.80 Å². The molecule has 0 unspecified atom stereocenters. The van der Waals surface area contributed by atoms with Crippen LogP contribution >= 0.6 is 0 Å². The molecule has 30 heavy (non-hydrogen) atoms. The van der Waals surface area contributed by atoms with Crippen LogP contribution in [0.25, 0.3) is 0 Å². The van der Waals surface area contributed by atoms with Crippen LogP contribution in [0.15, 0.2) is 48.5 Å². The fraction of sp³-hybridized carbons (Fsp3) is 0.263. The van der Waals surface area contributed by atoms with E-state index in [2.05, 4.69) is 4.90 Å². The summed E-state index contributed by atoms with van der Waals surface area (Å²) in [4.78, 5) is 26.6. The molecule has 11 heteroatoms. The van der Waals surface area contributed by atoms with Crippen molar-refractivity contribution < 1.29 is 34.8 Å². The van der Waals surface area contributed by atoms with Gasteiger partial charge < -0.3 is 35.0 Å². The first-order chi connectivity index (χ1) is 14.2. The van der Waals surface area contributed by atoms with E-state index < -0.39 is 20.2 Å². The summed E-state index contributed by atoms with van der Waals surface area (Å²) in [7, 11) is -1.14. The number of carbonyl (C=O) groups excluding carboxylic acids is 1. The van der Waals surface area contributed by atoms with E-state index in [0.717, 1.165) is 13.1 Å². The van der Waals surface area contributed by atoms with Gasteiger partial charge in [0.2, 0.25) is 0 Å². The number of piperazine rings is 1. The monoisotopic (exact) mass is 414 g/mol. The second-order valence-electron chi connectivity index (χ2n) is 6.86. The molecule has 1 amide bonds. The van der Waals surface area contributed by atoms with Gasteiger partial charge in [-0.3, -0.25) is 4.79 Å². The van der Waals surface area contributed by atoms with Crippen LogP contribution in [-0.2, 0) is 0 Å². The lowest BCUT2D eigenvalue weighted by molar-refractivity contribution is 0.0663. The molecule has 0 aliphatic carbocycles. The summed E-state index contributed by atoms with van der Waals surface area (Å²) in [5, 5.41) is 44.4. The van der Waals surface area contributed by atoms with Crippen molar-refractivity contribution in [2.75, 3.05) is 33.2 Å². The zero-order valence-electron chi connectivity index (χ0n) is 16.5. The smallest absolute Gasteiger partial charge is 0.478 e. The molecular weight excluding hydrogens is 390 g/mol. The Balaban J connectivity index is 0.000000232. The maximum atomic E-state index is 12.3. The van der Waals surface area contributed by atoms with Gasteiger partial charge in [-0.25, -0.2) is 4.79 Å². The zero-order valence-corrected chi connectivity index (χ0v) is 16.5. The van der Waals surface area contributed by atoms with Crippen molar-refractivity contribution in [2.45, 2.75) is 0 Å². The van der Waals surface area contributed by atoms with Crippen LogP contribution in [0, 0.1) is 0 Å². The van der Waals surface area contributed by atoms with Crippen LogP contribution in [-0.4, -0.2) is 94.3 Å². The lowest BCUT2D eigenvalue weighted by Crippen LogP contribution is -2.49. The van der Waals surface area contributed by atoms with Gasteiger partial charge in [0.05, 0.1) is 5.56 Å². The summed E-state index contributed by atoms with van der Waals surface area (Å²) in [6.07, 6.45) is 0. The van der Waals surface area contributed by atoms with Crippen LogP contribution in [0.4, 0.5) is 0 Å². The minimum atomic E-state index is -1.61. The first kappa shape index (κ1) is 23.6. The van der Waals surface area contributed by atoms with E-state index in [1.54, 1.807) is 29.2 Å². The minimum Gasteiger partial charge on any atom is -0.478 e. The van der Waals surface area contributed by atoms with Crippen molar-refractivity contribution >= 4 is 37.0 Å². The molecule has 0 radical (unpaired) electrons. The molecule has 1 fully saturated rings. The number of carboxylic acids is 1. The quantitative estimate of drug-likeness (QED) is 0.356. The molecule has 1 aliphatic heterocycles. The van der Waals surface area contributed by atoms with Crippen molar-refractivity contribution in [3.8, 4) is 0 Å². The number of carboxylic acid groups (broad SMARTS) is 1.